The lowest BCUT2D eigenvalue weighted by molar-refractivity contribution is -0.142. The maximum atomic E-state index is 14.4. The van der Waals surface area contributed by atoms with Crippen molar-refractivity contribution in [2.45, 2.75) is 79.5 Å². The van der Waals surface area contributed by atoms with E-state index >= 15 is 0 Å². The minimum Gasteiger partial charge on any atom is -0.361 e. The van der Waals surface area contributed by atoms with Crippen molar-refractivity contribution in [2.75, 3.05) is 20.1 Å². The molecule has 3 aromatic carbocycles. The molecule has 0 radical (unpaired) electrons. The molecular weight excluding hydrogens is 738 g/mol. The highest BCUT2D eigenvalue weighted by atomic mass is 79.9. The van der Waals surface area contributed by atoms with Crippen LogP contribution in [0.3, 0.4) is 0 Å². The zero-order valence-corrected chi connectivity index (χ0v) is 31.3. The number of aromatic amines is 1. The van der Waals surface area contributed by atoms with Gasteiger partial charge < -0.3 is 37.3 Å². The number of carbonyl (C=O) groups is 3. The minimum atomic E-state index is -0.870. The van der Waals surface area contributed by atoms with Crippen LogP contribution in [0.2, 0.25) is 5.02 Å². The van der Waals surface area contributed by atoms with Crippen LogP contribution < -0.4 is 27.4 Å². The zero-order valence-electron chi connectivity index (χ0n) is 28.1. The predicted molar refractivity (Wildman–Crippen MR) is 204 cm³/mol. The molecule has 4 aromatic rings. The molecule has 1 aliphatic heterocycles. The van der Waals surface area contributed by atoms with Gasteiger partial charge in [-0.05, 0) is 92.2 Å². The molecule has 8 N–H and O–H groups in total. The van der Waals surface area contributed by atoms with Gasteiger partial charge in [0.25, 0.3) is 0 Å². The zero-order chi connectivity index (χ0) is 35.6. The molecule has 0 saturated heterocycles. The van der Waals surface area contributed by atoms with Crippen LogP contribution in [-0.2, 0) is 33.9 Å². The lowest BCUT2D eigenvalue weighted by Crippen LogP contribution is -2.57. The van der Waals surface area contributed by atoms with E-state index in [1.165, 1.54) is 16.7 Å². The number of nitrogens with one attached hydrogen (secondary N) is 4. The van der Waals surface area contributed by atoms with Crippen molar-refractivity contribution in [3.05, 3.63) is 93.0 Å². The molecule has 3 unspecified atom stereocenters. The van der Waals surface area contributed by atoms with E-state index in [9.17, 15) is 14.4 Å². The number of H-pyrrole nitrogens is 1. The normalized spacial score (nSPS) is 19.4. The van der Waals surface area contributed by atoms with Gasteiger partial charge in [0.05, 0.1) is 11.1 Å². The van der Waals surface area contributed by atoms with Crippen molar-refractivity contribution in [1.82, 2.24) is 25.8 Å². The van der Waals surface area contributed by atoms with E-state index in [2.05, 4.69) is 36.9 Å². The lowest BCUT2D eigenvalue weighted by Gasteiger charge is -2.32. The Labute approximate surface area is 311 Å². The van der Waals surface area contributed by atoms with Gasteiger partial charge >= 0.3 is 0 Å². The van der Waals surface area contributed by atoms with Gasteiger partial charge in [0.1, 0.15) is 12.1 Å². The third-order valence-electron chi connectivity index (χ3n) is 9.06. The molecule has 0 saturated carbocycles. The number of aromatic nitrogens is 1. The molecule has 5 rings (SSSR count). The summed E-state index contributed by atoms with van der Waals surface area (Å²) in [5.41, 5.74) is 15.3. The highest BCUT2D eigenvalue weighted by Crippen LogP contribution is 2.38. The first-order valence-corrected chi connectivity index (χ1v) is 19.0. The molecule has 2 heterocycles. The van der Waals surface area contributed by atoms with Crippen molar-refractivity contribution in [3.8, 4) is 0 Å². The quantitative estimate of drug-likeness (QED) is 0.127. The third kappa shape index (κ3) is 9.48. The summed E-state index contributed by atoms with van der Waals surface area (Å²) in [6, 6.07) is 17.2. The van der Waals surface area contributed by atoms with Gasteiger partial charge in [-0.3, -0.25) is 14.4 Å². The Balaban J connectivity index is 1.57. The van der Waals surface area contributed by atoms with E-state index in [1.54, 1.807) is 7.05 Å². The number of hydrogen-bond acceptors (Lipinski definition) is 7. The Morgan fingerprint density at radius 1 is 0.900 bits per heavy atom. The van der Waals surface area contributed by atoms with Crippen molar-refractivity contribution in [1.29, 1.82) is 0 Å². The first-order chi connectivity index (χ1) is 24.2. The van der Waals surface area contributed by atoms with Crippen molar-refractivity contribution in [2.24, 2.45) is 11.5 Å². The van der Waals surface area contributed by atoms with Crippen LogP contribution in [0.1, 0.15) is 48.8 Å². The Morgan fingerprint density at radius 3 is 2.48 bits per heavy atom. The van der Waals surface area contributed by atoms with Gasteiger partial charge in [0, 0.05) is 57.9 Å². The molecule has 10 nitrogen and oxygen atoms in total. The summed E-state index contributed by atoms with van der Waals surface area (Å²) in [6.07, 6.45) is 4.97. The summed E-state index contributed by atoms with van der Waals surface area (Å²) >= 11 is 11.9. The van der Waals surface area contributed by atoms with Crippen LogP contribution in [-0.4, -0.2) is 65.9 Å². The number of unbranched alkanes of at least 4 members (excludes halogenated alkanes) is 1. The van der Waals surface area contributed by atoms with Gasteiger partial charge in [-0.25, -0.2) is 0 Å². The number of rotatable bonds is 9. The fourth-order valence-corrected chi connectivity index (χ4v) is 7.99. The molecule has 1 aliphatic rings. The molecular formula is C37H45BrClN7O3S. The average Bonchev–Trinajstić information content (AvgIpc) is 3.52. The van der Waals surface area contributed by atoms with Crippen molar-refractivity contribution < 1.29 is 14.4 Å². The number of benzene rings is 3. The highest BCUT2D eigenvalue weighted by Gasteiger charge is 2.34. The summed E-state index contributed by atoms with van der Waals surface area (Å²) in [7, 11) is 1.64. The summed E-state index contributed by atoms with van der Waals surface area (Å²) < 4.78 is 0.897. The number of nitrogens with zero attached hydrogens (tertiary/aromatic N) is 1. The van der Waals surface area contributed by atoms with Crippen molar-refractivity contribution >= 4 is 67.9 Å². The fraction of sp³-hybridized carbons (Fsp3) is 0.378. The Kier molecular flexibility index (Phi) is 13.8. The Morgan fingerprint density at radius 2 is 1.68 bits per heavy atom. The van der Waals surface area contributed by atoms with E-state index in [0.717, 1.165) is 41.9 Å². The number of nitrogens with two attached hydrogens (primary N) is 2. The van der Waals surface area contributed by atoms with E-state index in [0.29, 0.717) is 56.8 Å². The van der Waals surface area contributed by atoms with Crippen LogP contribution >= 0.6 is 39.3 Å². The van der Waals surface area contributed by atoms with Crippen LogP contribution in [0, 0.1) is 0 Å². The first-order valence-electron chi connectivity index (χ1n) is 17.0. The smallest absolute Gasteiger partial charge is 0.245 e. The molecule has 0 bridgehead atoms. The standard InChI is InChI=1S/C37H45BrClN7O3S/c1-46-32(19-24-21-42-29-11-3-2-9-27(24)29)36(48)44-20-23-8-6-10-28(39)34(23)50-33-15-14-26(38)18-25(33)22-43-30(13-7-17-41)35(47)45-31(37(46)49)12-4-5-16-40/h2-3,6,8-11,14-15,18,21,30-32,42-43H,4-5,7,12-13,16-17,19-20,22,40-41H2,1H3,(H,44,48)(H,45,47). The van der Waals surface area contributed by atoms with Crippen LogP contribution in [0.5, 0.6) is 0 Å². The van der Waals surface area contributed by atoms with Crippen molar-refractivity contribution in [3.63, 3.8) is 0 Å². The van der Waals surface area contributed by atoms with E-state index in [1.807, 2.05) is 66.9 Å². The number of amides is 3. The van der Waals surface area contributed by atoms with Gasteiger partial charge in [0.2, 0.25) is 17.7 Å². The van der Waals surface area contributed by atoms with Crippen LogP contribution in [0.15, 0.2) is 81.1 Å². The van der Waals surface area contributed by atoms with E-state index < -0.39 is 18.1 Å². The number of para-hydroxylation sites is 1. The summed E-state index contributed by atoms with van der Waals surface area (Å²) in [5, 5.41) is 11.1. The average molecular weight is 783 g/mol. The molecule has 3 amide bonds. The summed E-state index contributed by atoms with van der Waals surface area (Å²) in [6.45, 7) is 1.48. The van der Waals surface area contributed by atoms with E-state index in [-0.39, 0.29) is 30.7 Å². The molecule has 50 heavy (non-hydrogen) atoms. The molecule has 266 valence electrons. The second kappa shape index (κ2) is 18.2. The number of fused-ring (bicyclic) bond motifs is 3. The largest absolute Gasteiger partial charge is 0.361 e. The topological polar surface area (TPSA) is 158 Å². The molecule has 13 heteroatoms. The molecule has 0 spiro atoms. The highest BCUT2D eigenvalue weighted by molar-refractivity contribution is 9.10. The van der Waals surface area contributed by atoms with Gasteiger partial charge in [-0.1, -0.05) is 69.6 Å². The maximum Gasteiger partial charge on any atom is 0.245 e. The van der Waals surface area contributed by atoms with Gasteiger partial charge in [-0.15, -0.1) is 0 Å². The SMILES string of the molecule is CN1C(=O)C(CCCCN)NC(=O)C(CCCN)NCc2cc(Br)ccc2Sc2c(Cl)cccc2CNC(=O)C1Cc1c[nH]c2ccccc12. The number of likely N-dealkylation sites (N-methyl/N-ethyl adjacent to an activating group) is 1. The minimum absolute atomic E-state index is 0.204. The fourth-order valence-electron chi connectivity index (χ4n) is 6.22. The predicted octanol–water partition coefficient (Wildman–Crippen LogP) is 5.25. The first kappa shape index (κ1) is 37.9. The summed E-state index contributed by atoms with van der Waals surface area (Å²) in [5.74, 6) is -0.951. The Hall–Kier alpha value is -3.39. The maximum absolute atomic E-state index is 14.4. The number of hydrogen-bond donors (Lipinski definition) is 6. The van der Waals surface area contributed by atoms with Crippen LogP contribution in [0.4, 0.5) is 0 Å². The Bertz CT molecular complexity index is 1800. The third-order valence-corrected chi connectivity index (χ3v) is 11.3. The van der Waals surface area contributed by atoms with E-state index in [4.69, 9.17) is 23.1 Å². The number of halogens is 2. The molecule has 0 fully saturated rings. The second-order valence-electron chi connectivity index (χ2n) is 12.5. The lowest BCUT2D eigenvalue weighted by atomic mass is 10.0. The number of carbonyl (C=O) groups excluding carboxylic acids is 3. The second-order valence-corrected chi connectivity index (χ2v) is 14.9. The monoisotopic (exact) mass is 781 g/mol. The van der Waals surface area contributed by atoms with Crippen LogP contribution in [0.25, 0.3) is 10.9 Å². The van der Waals surface area contributed by atoms with Gasteiger partial charge in [-0.2, -0.15) is 0 Å². The molecule has 0 aliphatic carbocycles. The summed E-state index contributed by atoms with van der Waals surface area (Å²) in [4.78, 5) is 49.1. The molecule has 3 atom stereocenters. The molecule has 1 aromatic heterocycles. The van der Waals surface area contributed by atoms with Gasteiger partial charge in [0.15, 0.2) is 0 Å².